The van der Waals surface area contributed by atoms with Crippen molar-refractivity contribution in [3.63, 3.8) is 0 Å². The minimum Gasteiger partial charge on any atom is -0.493 e. The highest BCUT2D eigenvalue weighted by molar-refractivity contribution is 5.91. The van der Waals surface area contributed by atoms with Gasteiger partial charge in [-0.2, -0.15) is 0 Å². The van der Waals surface area contributed by atoms with Crippen molar-refractivity contribution in [3.05, 3.63) is 54.1 Å². The van der Waals surface area contributed by atoms with Crippen LogP contribution in [0.15, 0.2) is 48.5 Å². The van der Waals surface area contributed by atoms with Crippen molar-refractivity contribution >= 4 is 11.6 Å². The molecule has 1 atom stereocenters. The molecule has 0 aliphatic heterocycles. The molecular formula is C18H23N2O3+. The lowest BCUT2D eigenvalue weighted by molar-refractivity contribution is -0.682. The molecule has 2 aromatic rings. The average molecular weight is 315 g/mol. The number of quaternary nitrogens is 1. The molecule has 0 aliphatic carbocycles. The van der Waals surface area contributed by atoms with Gasteiger partial charge in [-0.3, -0.25) is 4.79 Å². The predicted molar refractivity (Wildman–Crippen MR) is 89.8 cm³/mol. The number of amides is 1. The number of hydrogen-bond donors (Lipinski definition) is 2. The zero-order chi connectivity index (χ0) is 16.7. The molecule has 0 spiro atoms. The molecule has 2 aromatic carbocycles. The van der Waals surface area contributed by atoms with Crippen LogP contribution in [0.1, 0.15) is 18.5 Å². The Labute approximate surface area is 136 Å². The number of hydrogen-bond acceptors (Lipinski definition) is 3. The van der Waals surface area contributed by atoms with E-state index in [0.717, 1.165) is 0 Å². The third-order valence-corrected chi connectivity index (χ3v) is 3.65. The van der Waals surface area contributed by atoms with E-state index in [2.05, 4.69) is 24.4 Å². The molecule has 0 aliphatic rings. The number of carbonyl (C=O) groups excluding carboxylic acids is 1. The Morgan fingerprint density at radius 2 is 1.78 bits per heavy atom. The molecule has 0 fully saturated rings. The Hall–Kier alpha value is -2.53. The van der Waals surface area contributed by atoms with Crippen molar-refractivity contribution in [2.24, 2.45) is 0 Å². The first kappa shape index (κ1) is 16.8. The Morgan fingerprint density at radius 1 is 1.09 bits per heavy atom. The first-order valence-electron chi connectivity index (χ1n) is 7.54. The SMILES string of the molecule is COc1ccc(NC(=O)C[NH2+][C@@H](C)c2ccccc2)cc1OC. The third-order valence-electron chi connectivity index (χ3n) is 3.65. The van der Waals surface area contributed by atoms with Crippen LogP contribution in [0.2, 0.25) is 0 Å². The Kier molecular flexibility index (Phi) is 6.00. The monoisotopic (exact) mass is 315 g/mol. The molecule has 5 nitrogen and oxygen atoms in total. The van der Waals surface area contributed by atoms with Gasteiger partial charge in [-0.15, -0.1) is 0 Å². The van der Waals surface area contributed by atoms with Crippen LogP contribution in [0.5, 0.6) is 11.5 Å². The zero-order valence-electron chi connectivity index (χ0n) is 13.7. The molecule has 122 valence electrons. The Bertz CT molecular complexity index is 644. The van der Waals surface area contributed by atoms with Gasteiger partial charge in [0.25, 0.3) is 5.91 Å². The number of ether oxygens (including phenoxy) is 2. The molecule has 0 heterocycles. The van der Waals surface area contributed by atoms with Gasteiger partial charge in [0.2, 0.25) is 0 Å². The molecule has 0 saturated heterocycles. The maximum Gasteiger partial charge on any atom is 0.279 e. The van der Waals surface area contributed by atoms with E-state index in [0.29, 0.717) is 23.7 Å². The summed E-state index contributed by atoms with van der Waals surface area (Å²) >= 11 is 0. The molecule has 0 bridgehead atoms. The molecule has 0 aromatic heterocycles. The predicted octanol–water partition coefficient (Wildman–Crippen LogP) is 1.97. The topological polar surface area (TPSA) is 64.2 Å². The Morgan fingerprint density at radius 3 is 2.43 bits per heavy atom. The molecular weight excluding hydrogens is 292 g/mol. The van der Waals surface area contributed by atoms with E-state index in [-0.39, 0.29) is 11.9 Å². The van der Waals surface area contributed by atoms with Gasteiger partial charge in [0, 0.05) is 17.3 Å². The maximum atomic E-state index is 12.1. The quantitative estimate of drug-likeness (QED) is 0.821. The van der Waals surface area contributed by atoms with Crippen molar-refractivity contribution in [3.8, 4) is 11.5 Å². The van der Waals surface area contributed by atoms with Crippen molar-refractivity contribution in [1.82, 2.24) is 0 Å². The van der Waals surface area contributed by atoms with E-state index in [1.54, 1.807) is 32.4 Å². The first-order valence-corrected chi connectivity index (χ1v) is 7.54. The summed E-state index contributed by atoms with van der Waals surface area (Å²) in [7, 11) is 3.15. The second-order valence-electron chi connectivity index (χ2n) is 5.26. The molecule has 0 saturated carbocycles. The summed E-state index contributed by atoms with van der Waals surface area (Å²) in [6, 6.07) is 15.7. The lowest BCUT2D eigenvalue weighted by Crippen LogP contribution is -2.86. The molecule has 3 N–H and O–H groups in total. The molecule has 0 radical (unpaired) electrons. The third kappa shape index (κ3) is 4.72. The Balaban J connectivity index is 1.90. The number of nitrogens with one attached hydrogen (secondary N) is 1. The fraction of sp³-hybridized carbons (Fsp3) is 0.278. The van der Waals surface area contributed by atoms with Gasteiger partial charge in [-0.05, 0) is 19.1 Å². The highest BCUT2D eigenvalue weighted by atomic mass is 16.5. The van der Waals surface area contributed by atoms with Crippen molar-refractivity contribution < 1.29 is 19.6 Å². The van der Waals surface area contributed by atoms with Crippen molar-refractivity contribution in [1.29, 1.82) is 0 Å². The van der Waals surface area contributed by atoms with Gasteiger partial charge in [-0.1, -0.05) is 30.3 Å². The van der Waals surface area contributed by atoms with E-state index < -0.39 is 0 Å². The standard InChI is InChI=1S/C18H22N2O3/c1-13(14-7-5-4-6-8-14)19-12-18(21)20-15-9-10-16(22-2)17(11-15)23-3/h4-11,13,19H,12H2,1-3H3,(H,20,21)/p+1/t13-/m0/s1. The molecule has 5 heteroatoms. The second-order valence-corrected chi connectivity index (χ2v) is 5.26. The van der Waals surface area contributed by atoms with Crippen molar-refractivity contribution in [2.75, 3.05) is 26.1 Å². The smallest absolute Gasteiger partial charge is 0.279 e. The second kappa shape index (κ2) is 8.19. The normalized spacial score (nSPS) is 11.6. The van der Waals surface area contributed by atoms with Gasteiger partial charge >= 0.3 is 0 Å². The highest BCUT2D eigenvalue weighted by Crippen LogP contribution is 2.29. The minimum absolute atomic E-state index is 0.0556. The summed E-state index contributed by atoms with van der Waals surface area (Å²) in [4.78, 5) is 12.1. The van der Waals surface area contributed by atoms with Gasteiger partial charge in [0.1, 0.15) is 6.04 Å². The number of carbonyl (C=O) groups is 1. The van der Waals surface area contributed by atoms with Crippen LogP contribution >= 0.6 is 0 Å². The van der Waals surface area contributed by atoms with Crippen LogP contribution in [0.25, 0.3) is 0 Å². The van der Waals surface area contributed by atoms with E-state index in [1.165, 1.54) is 5.56 Å². The average Bonchev–Trinajstić information content (AvgIpc) is 2.60. The lowest BCUT2D eigenvalue weighted by atomic mass is 10.1. The van der Waals surface area contributed by atoms with E-state index in [9.17, 15) is 4.79 Å². The maximum absolute atomic E-state index is 12.1. The number of anilines is 1. The highest BCUT2D eigenvalue weighted by Gasteiger charge is 2.12. The van der Waals surface area contributed by atoms with Crippen LogP contribution in [0.4, 0.5) is 5.69 Å². The fourth-order valence-corrected chi connectivity index (χ4v) is 2.30. The van der Waals surface area contributed by atoms with Gasteiger partial charge < -0.3 is 20.1 Å². The number of nitrogens with two attached hydrogens (primary N) is 1. The number of rotatable bonds is 7. The number of benzene rings is 2. The van der Waals surface area contributed by atoms with E-state index in [1.807, 2.05) is 23.5 Å². The van der Waals surface area contributed by atoms with Crippen molar-refractivity contribution in [2.45, 2.75) is 13.0 Å². The first-order chi connectivity index (χ1) is 11.1. The van der Waals surface area contributed by atoms with E-state index >= 15 is 0 Å². The molecule has 0 unspecified atom stereocenters. The van der Waals surface area contributed by atoms with Gasteiger partial charge in [0.05, 0.1) is 14.2 Å². The summed E-state index contributed by atoms with van der Waals surface area (Å²) in [5.74, 6) is 1.17. The van der Waals surface area contributed by atoms with E-state index in [4.69, 9.17) is 9.47 Å². The minimum atomic E-state index is -0.0556. The summed E-state index contributed by atoms with van der Waals surface area (Å²) in [5, 5.41) is 4.87. The zero-order valence-corrected chi connectivity index (χ0v) is 13.7. The fourth-order valence-electron chi connectivity index (χ4n) is 2.30. The largest absolute Gasteiger partial charge is 0.493 e. The summed E-state index contributed by atoms with van der Waals surface area (Å²) in [6.45, 7) is 2.43. The summed E-state index contributed by atoms with van der Waals surface area (Å²) in [5.41, 5.74) is 1.89. The van der Waals surface area contributed by atoms with Crippen LogP contribution in [0, 0.1) is 0 Å². The van der Waals surface area contributed by atoms with Gasteiger partial charge in [-0.25, -0.2) is 0 Å². The summed E-state index contributed by atoms with van der Waals surface area (Å²) in [6.07, 6.45) is 0. The van der Waals surface area contributed by atoms with Gasteiger partial charge in [0.15, 0.2) is 18.0 Å². The van der Waals surface area contributed by atoms with Crippen LogP contribution < -0.4 is 20.1 Å². The lowest BCUT2D eigenvalue weighted by Gasteiger charge is -2.12. The molecule has 2 rings (SSSR count). The van der Waals surface area contributed by atoms with Crippen LogP contribution in [0.3, 0.4) is 0 Å². The summed E-state index contributed by atoms with van der Waals surface area (Å²) < 4.78 is 10.4. The van der Waals surface area contributed by atoms with Crippen LogP contribution in [-0.4, -0.2) is 26.7 Å². The number of methoxy groups -OCH3 is 2. The van der Waals surface area contributed by atoms with Crippen LogP contribution in [-0.2, 0) is 4.79 Å². The molecule has 23 heavy (non-hydrogen) atoms. The molecule has 1 amide bonds.